The Bertz CT molecular complexity index is 409. The number of nitrogens with one attached hydrogen (secondary N) is 1. The number of hydrogen-bond acceptors (Lipinski definition) is 3. The van der Waals surface area contributed by atoms with Crippen molar-refractivity contribution in [3.05, 3.63) is 22.8 Å². The molecule has 0 saturated carbocycles. The molecule has 0 aliphatic carbocycles. The zero-order valence-electron chi connectivity index (χ0n) is 10.8. The van der Waals surface area contributed by atoms with Crippen molar-refractivity contribution in [2.75, 3.05) is 13.7 Å². The zero-order chi connectivity index (χ0) is 12.4. The lowest BCUT2D eigenvalue weighted by Gasteiger charge is -2.17. The van der Waals surface area contributed by atoms with Crippen molar-refractivity contribution in [2.45, 2.75) is 39.2 Å². The van der Waals surface area contributed by atoms with Crippen molar-refractivity contribution in [3.8, 4) is 11.5 Å². The highest BCUT2D eigenvalue weighted by molar-refractivity contribution is 5.54. The normalized spacial score (nSPS) is 19.6. The predicted molar refractivity (Wildman–Crippen MR) is 68.9 cm³/mol. The maximum Gasteiger partial charge on any atom is 0.163 e. The van der Waals surface area contributed by atoms with Crippen LogP contribution in [-0.2, 0) is 6.42 Å². The number of phenolic OH excluding ortho intramolecular Hbond substituents is 1. The van der Waals surface area contributed by atoms with Gasteiger partial charge < -0.3 is 15.2 Å². The van der Waals surface area contributed by atoms with Gasteiger partial charge in [-0.1, -0.05) is 6.07 Å². The topological polar surface area (TPSA) is 41.5 Å². The highest BCUT2D eigenvalue weighted by Gasteiger charge is 2.19. The summed E-state index contributed by atoms with van der Waals surface area (Å²) in [5.74, 6) is 0.895. The minimum atomic E-state index is 0.271. The summed E-state index contributed by atoms with van der Waals surface area (Å²) >= 11 is 0. The fourth-order valence-corrected chi connectivity index (χ4v) is 2.60. The molecule has 1 aromatic carbocycles. The van der Waals surface area contributed by atoms with Crippen molar-refractivity contribution >= 4 is 0 Å². The smallest absolute Gasteiger partial charge is 0.163 e. The van der Waals surface area contributed by atoms with Gasteiger partial charge in [0.15, 0.2) is 11.5 Å². The van der Waals surface area contributed by atoms with E-state index in [1.54, 1.807) is 7.11 Å². The average Bonchev–Trinajstić information content (AvgIpc) is 2.79. The lowest BCUT2D eigenvalue weighted by atomic mass is 9.96. The molecule has 94 valence electrons. The molecule has 1 heterocycles. The summed E-state index contributed by atoms with van der Waals surface area (Å²) < 4.78 is 5.29. The summed E-state index contributed by atoms with van der Waals surface area (Å²) in [6.45, 7) is 5.06. The molecule has 1 saturated heterocycles. The lowest BCUT2D eigenvalue weighted by molar-refractivity contribution is 0.368. The molecule has 17 heavy (non-hydrogen) atoms. The van der Waals surface area contributed by atoms with E-state index in [0.29, 0.717) is 11.8 Å². The third kappa shape index (κ3) is 2.39. The van der Waals surface area contributed by atoms with Crippen molar-refractivity contribution in [1.29, 1.82) is 0 Å². The Labute approximate surface area is 103 Å². The number of aryl methyl sites for hydroxylation is 1. The number of aromatic hydroxyl groups is 1. The van der Waals surface area contributed by atoms with Crippen molar-refractivity contribution in [1.82, 2.24) is 5.32 Å². The summed E-state index contributed by atoms with van der Waals surface area (Å²) in [5, 5.41) is 13.4. The number of hydrogen-bond donors (Lipinski definition) is 2. The highest BCUT2D eigenvalue weighted by atomic mass is 16.5. The van der Waals surface area contributed by atoms with Crippen molar-refractivity contribution in [3.63, 3.8) is 0 Å². The molecule has 3 heteroatoms. The number of methoxy groups -OCH3 is 1. The molecule has 0 aromatic heterocycles. The molecule has 3 nitrogen and oxygen atoms in total. The van der Waals surface area contributed by atoms with E-state index in [1.807, 2.05) is 13.8 Å². The fraction of sp³-hybridized carbons (Fsp3) is 0.571. The number of rotatable bonds is 3. The van der Waals surface area contributed by atoms with E-state index >= 15 is 0 Å². The van der Waals surface area contributed by atoms with Crippen LogP contribution in [-0.4, -0.2) is 24.8 Å². The maximum atomic E-state index is 9.92. The second-order valence-electron chi connectivity index (χ2n) is 4.86. The van der Waals surface area contributed by atoms with Crippen LogP contribution in [0.2, 0.25) is 0 Å². The molecule has 2 rings (SSSR count). The Balaban J connectivity index is 2.30. The lowest BCUT2D eigenvalue weighted by Crippen LogP contribution is -2.24. The van der Waals surface area contributed by atoms with E-state index in [2.05, 4.69) is 11.4 Å². The number of ether oxygens (including phenoxy) is 1. The van der Waals surface area contributed by atoms with E-state index < -0.39 is 0 Å². The summed E-state index contributed by atoms with van der Waals surface area (Å²) in [7, 11) is 1.61. The Morgan fingerprint density at radius 2 is 2.24 bits per heavy atom. The summed E-state index contributed by atoms with van der Waals surface area (Å²) in [4.78, 5) is 0. The first-order valence-electron chi connectivity index (χ1n) is 6.23. The largest absolute Gasteiger partial charge is 0.504 e. The van der Waals surface area contributed by atoms with Crippen LogP contribution >= 0.6 is 0 Å². The van der Waals surface area contributed by atoms with Crippen LogP contribution in [0, 0.1) is 13.8 Å². The summed E-state index contributed by atoms with van der Waals surface area (Å²) in [6.07, 6.45) is 3.52. The van der Waals surface area contributed by atoms with Gasteiger partial charge in [-0.3, -0.25) is 0 Å². The number of benzene rings is 1. The minimum Gasteiger partial charge on any atom is -0.504 e. The zero-order valence-corrected chi connectivity index (χ0v) is 10.8. The van der Waals surface area contributed by atoms with Crippen LogP contribution in [0.1, 0.15) is 29.5 Å². The van der Waals surface area contributed by atoms with Crippen LogP contribution in [0.15, 0.2) is 6.07 Å². The molecule has 1 aromatic rings. The second-order valence-corrected chi connectivity index (χ2v) is 4.86. The first kappa shape index (κ1) is 12.2. The first-order valence-corrected chi connectivity index (χ1v) is 6.23. The third-order valence-corrected chi connectivity index (χ3v) is 3.63. The third-order valence-electron chi connectivity index (χ3n) is 3.63. The average molecular weight is 235 g/mol. The van der Waals surface area contributed by atoms with E-state index in [1.165, 1.54) is 18.4 Å². The van der Waals surface area contributed by atoms with Gasteiger partial charge in [0, 0.05) is 6.04 Å². The molecule has 0 radical (unpaired) electrons. The van der Waals surface area contributed by atoms with Gasteiger partial charge in [-0.15, -0.1) is 0 Å². The molecule has 0 bridgehead atoms. The Hall–Kier alpha value is -1.22. The molecular formula is C14H21NO2. The van der Waals surface area contributed by atoms with Gasteiger partial charge in [0.2, 0.25) is 0 Å². The molecule has 2 N–H and O–H groups in total. The SMILES string of the molecule is COc1c(C)c(CC2CCCN2)cc(C)c1O. The van der Waals surface area contributed by atoms with Gasteiger partial charge >= 0.3 is 0 Å². The monoisotopic (exact) mass is 235 g/mol. The summed E-state index contributed by atoms with van der Waals surface area (Å²) in [5.41, 5.74) is 3.22. The minimum absolute atomic E-state index is 0.271. The molecule has 1 atom stereocenters. The molecule has 0 amide bonds. The highest BCUT2D eigenvalue weighted by Crippen LogP contribution is 2.36. The van der Waals surface area contributed by atoms with Gasteiger partial charge in [0.25, 0.3) is 0 Å². The van der Waals surface area contributed by atoms with Crippen LogP contribution in [0.25, 0.3) is 0 Å². The van der Waals surface area contributed by atoms with E-state index in [4.69, 9.17) is 4.74 Å². The predicted octanol–water partition coefficient (Wildman–Crippen LogP) is 2.31. The summed E-state index contributed by atoms with van der Waals surface area (Å²) in [6, 6.07) is 2.65. The standard InChI is InChI=1S/C14H21NO2/c1-9-7-11(8-12-5-4-6-15-12)10(2)14(17-3)13(9)16/h7,12,15-16H,4-6,8H2,1-3H3. The van der Waals surface area contributed by atoms with Gasteiger partial charge in [0.05, 0.1) is 7.11 Å². The first-order chi connectivity index (χ1) is 8.13. The van der Waals surface area contributed by atoms with Crippen LogP contribution in [0.3, 0.4) is 0 Å². The van der Waals surface area contributed by atoms with E-state index in [9.17, 15) is 5.11 Å². The quantitative estimate of drug-likeness (QED) is 0.844. The second kappa shape index (κ2) is 4.96. The van der Waals surface area contributed by atoms with Crippen molar-refractivity contribution < 1.29 is 9.84 Å². The molecule has 0 spiro atoms. The molecule has 1 aliphatic heterocycles. The van der Waals surface area contributed by atoms with Crippen LogP contribution in [0.4, 0.5) is 0 Å². The van der Waals surface area contributed by atoms with Crippen LogP contribution < -0.4 is 10.1 Å². The van der Waals surface area contributed by atoms with Crippen molar-refractivity contribution in [2.24, 2.45) is 0 Å². The molecule has 1 aliphatic rings. The van der Waals surface area contributed by atoms with Gasteiger partial charge in [0.1, 0.15) is 0 Å². The Morgan fingerprint density at radius 3 is 2.82 bits per heavy atom. The Kier molecular flexibility index (Phi) is 3.57. The van der Waals surface area contributed by atoms with Crippen LogP contribution in [0.5, 0.6) is 11.5 Å². The molecular weight excluding hydrogens is 214 g/mol. The van der Waals surface area contributed by atoms with Gasteiger partial charge in [-0.2, -0.15) is 0 Å². The van der Waals surface area contributed by atoms with E-state index in [-0.39, 0.29) is 5.75 Å². The molecule has 1 fully saturated rings. The number of phenols is 1. The maximum absolute atomic E-state index is 9.92. The Morgan fingerprint density at radius 1 is 1.47 bits per heavy atom. The molecule has 1 unspecified atom stereocenters. The van der Waals surface area contributed by atoms with Gasteiger partial charge in [-0.05, 0) is 56.3 Å². The fourth-order valence-electron chi connectivity index (χ4n) is 2.60. The van der Waals surface area contributed by atoms with Gasteiger partial charge in [-0.25, -0.2) is 0 Å². The van der Waals surface area contributed by atoms with E-state index in [0.717, 1.165) is 24.1 Å².